The average Bonchev–Trinajstić information content (AvgIpc) is 3.78. The lowest BCUT2D eigenvalue weighted by atomic mass is 9.94. The van der Waals surface area contributed by atoms with Gasteiger partial charge in [0.1, 0.15) is 5.75 Å². The van der Waals surface area contributed by atoms with Crippen LogP contribution in [0.3, 0.4) is 0 Å². The number of piperidine rings is 1. The summed E-state index contributed by atoms with van der Waals surface area (Å²) in [5.74, 6) is -0.356. The van der Waals surface area contributed by atoms with Crippen LogP contribution in [-0.2, 0) is 14.6 Å². The van der Waals surface area contributed by atoms with Crippen LogP contribution >= 0.6 is 0 Å². The van der Waals surface area contributed by atoms with E-state index in [2.05, 4.69) is 11.0 Å². The monoisotopic (exact) mass is 537 g/mol. The molecule has 0 unspecified atom stereocenters. The predicted molar refractivity (Wildman–Crippen MR) is 144 cm³/mol. The minimum atomic E-state index is -4.05. The number of carbonyl (C=O) groups excluding carboxylic acids is 1. The highest BCUT2D eigenvalue weighted by Gasteiger charge is 2.53. The van der Waals surface area contributed by atoms with Gasteiger partial charge in [-0.1, -0.05) is 24.3 Å². The maximum absolute atomic E-state index is 13.6. The molecule has 1 heterocycles. The standard InChI is InChI=1S/C29H35N3O5S/c1-21-6-7-23(19-22(21)2)24(20-30)5-3-4-18-37-26-10-12-27(13-11-26)38(35,36)29(28(33)31-34)14-16-32(17-15-29)25-8-9-25/h5-7,10-13,19,25,34H,3-4,8-9,14-18H2,1-2H3,(H,31,33). The molecule has 1 aliphatic heterocycles. The first-order valence-electron chi connectivity index (χ1n) is 13.1. The third kappa shape index (κ3) is 5.78. The summed E-state index contributed by atoms with van der Waals surface area (Å²) in [5, 5.41) is 18.9. The molecule has 1 amide bonds. The van der Waals surface area contributed by atoms with Crippen LogP contribution < -0.4 is 10.2 Å². The molecule has 2 aromatic carbocycles. The maximum atomic E-state index is 13.6. The maximum Gasteiger partial charge on any atom is 0.265 e. The molecule has 0 spiro atoms. The van der Waals surface area contributed by atoms with Crippen LogP contribution in [0.1, 0.15) is 55.2 Å². The van der Waals surface area contributed by atoms with E-state index < -0.39 is 20.5 Å². The molecule has 1 saturated heterocycles. The second-order valence-corrected chi connectivity index (χ2v) is 12.5. The fraction of sp³-hybridized carbons (Fsp3) is 0.448. The molecule has 2 N–H and O–H groups in total. The molecule has 1 aliphatic carbocycles. The fourth-order valence-corrected chi connectivity index (χ4v) is 6.96. The zero-order valence-electron chi connectivity index (χ0n) is 21.9. The second kappa shape index (κ2) is 11.7. The van der Waals surface area contributed by atoms with E-state index >= 15 is 0 Å². The van der Waals surface area contributed by atoms with Crippen molar-refractivity contribution in [2.75, 3.05) is 19.7 Å². The number of hydroxylamine groups is 1. The summed E-state index contributed by atoms with van der Waals surface area (Å²) in [7, 11) is -4.05. The molecule has 4 rings (SSSR count). The van der Waals surface area contributed by atoms with Crippen LogP contribution in [0.15, 0.2) is 53.4 Å². The molecule has 0 aromatic heterocycles. The van der Waals surface area contributed by atoms with E-state index in [9.17, 15) is 23.7 Å². The minimum absolute atomic E-state index is 0.0308. The molecule has 2 fully saturated rings. The van der Waals surface area contributed by atoms with E-state index in [1.165, 1.54) is 17.7 Å². The topological polar surface area (TPSA) is 120 Å². The van der Waals surface area contributed by atoms with Gasteiger partial charge in [0, 0.05) is 19.1 Å². The van der Waals surface area contributed by atoms with Crippen molar-refractivity contribution in [3.63, 3.8) is 0 Å². The summed E-state index contributed by atoms with van der Waals surface area (Å²) in [6, 6.07) is 14.8. The van der Waals surface area contributed by atoms with Crippen LogP contribution in [0.5, 0.6) is 5.75 Å². The molecule has 0 radical (unpaired) electrons. The van der Waals surface area contributed by atoms with Gasteiger partial charge in [-0.25, -0.2) is 13.9 Å². The minimum Gasteiger partial charge on any atom is -0.494 e. The Kier molecular flexibility index (Phi) is 8.56. The van der Waals surface area contributed by atoms with Crippen molar-refractivity contribution in [1.82, 2.24) is 10.4 Å². The van der Waals surface area contributed by atoms with Crippen molar-refractivity contribution in [2.45, 2.75) is 68.1 Å². The number of likely N-dealkylation sites (tertiary alicyclic amines) is 1. The Hall–Kier alpha value is -3.19. The first-order chi connectivity index (χ1) is 18.2. The Labute approximate surface area is 224 Å². The molecule has 38 heavy (non-hydrogen) atoms. The Morgan fingerprint density at radius 2 is 1.84 bits per heavy atom. The van der Waals surface area contributed by atoms with Gasteiger partial charge in [-0.15, -0.1) is 0 Å². The van der Waals surface area contributed by atoms with Gasteiger partial charge in [-0.2, -0.15) is 5.26 Å². The van der Waals surface area contributed by atoms with Crippen LogP contribution in [-0.4, -0.2) is 54.9 Å². The number of hydrogen-bond acceptors (Lipinski definition) is 7. The van der Waals surface area contributed by atoms with Gasteiger partial charge >= 0.3 is 0 Å². The Morgan fingerprint density at radius 3 is 2.42 bits per heavy atom. The number of hydrogen-bond donors (Lipinski definition) is 2. The van der Waals surface area contributed by atoms with Gasteiger partial charge in [0.2, 0.25) is 0 Å². The van der Waals surface area contributed by atoms with E-state index in [0.717, 1.165) is 24.0 Å². The second-order valence-electron chi connectivity index (χ2n) is 10.2. The van der Waals surface area contributed by atoms with Crippen molar-refractivity contribution < 1.29 is 23.2 Å². The zero-order valence-corrected chi connectivity index (χ0v) is 22.8. The third-order valence-electron chi connectivity index (χ3n) is 7.74. The number of rotatable bonds is 10. The molecule has 0 atom stereocenters. The number of nitriles is 1. The van der Waals surface area contributed by atoms with Crippen LogP contribution in [0, 0.1) is 25.2 Å². The number of nitrogens with one attached hydrogen (secondary N) is 1. The van der Waals surface area contributed by atoms with Crippen molar-refractivity contribution in [1.29, 1.82) is 5.26 Å². The lowest BCUT2D eigenvalue weighted by Crippen LogP contribution is -2.58. The van der Waals surface area contributed by atoms with E-state index in [1.807, 2.05) is 38.1 Å². The number of nitrogens with zero attached hydrogens (tertiary/aromatic N) is 2. The summed E-state index contributed by atoms with van der Waals surface area (Å²) in [6.45, 7) is 5.48. The van der Waals surface area contributed by atoms with Gasteiger partial charge in [0.05, 0.1) is 23.1 Å². The average molecular weight is 538 g/mol. The predicted octanol–water partition coefficient (Wildman–Crippen LogP) is 4.35. The van der Waals surface area contributed by atoms with E-state index in [4.69, 9.17) is 4.74 Å². The smallest absolute Gasteiger partial charge is 0.265 e. The fourth-order valence-electron chi connectivity index (χ4n) is 5.01. The van der Waals surface area contributed by atoms with E-state index in [0.29, 0.717) is 49.9 Å². The Balaban J connectivity index is 1.35. The quantitative estimate of drug-likeness (QED) is 0.200. The van der Waals surface area contributed by atoms with Gasteiger partial charge in [-0.3, -0.25) is 10.0 Å². The number of amides is 1. The summed E-state index contributed by atoms with van der Waals surface area (Å²) in [4.78, 5) is 14.9. The molecule has 1 saturated carbocycles. The molecule has 9 heteroatoms. The van der Waals surface area contributed by atoms with E-state index in [1.54, 1.807) is 17.6 Å². The lowest BCUT2D eigenvalue weighted by molar-refractivity contribution is -0.133. The molecule has 202 valence electrons. The first kappa shape index (κ1) is 27.8. The molecule has 8 nitrogen and oxygen atoms in total. The van der Waals surface area contributed by atoms with Gasteiger partial charge in [0.15, 0.2) is 14.6 Å². The molecule has 2 aromatic rings. The first-order valence-corrected chi connectivity index (χ1v) is 14.5. The summed E-state index contributed by atoms with van der Waals surface area (Å²) in [6.07, 6.45) is 5.74. The lowest BCUT2D eigenvalue weighted by Gasteiger charge is -2.39. The van der Waals surface area contributed by atoms with Crippen LogP contribution in [0.25, 0.3) is 5.57 Å². The van der Waals surface area contributed by atoms with Crippen LogP contribution in [0.2, 0.25) is 0 Å². The Morgan fingerprint density at radius 1 is 1.16 bits per heavy atom. The van der Waals surface area contributed by atoms with Crippen molar-refractivity contribution >= 4 is 21.3 Å². The number of benzene rings is 2. The number of ether oxygens (including phenoxy) is 1. The van der Waals surface area contributed by atoms with Gasteiger partial charge in [-0.05, 0) is 93.3 Å². The zero-order chi connectivity index (χ0) is 27.3. The van der Waals surface area contributed by atoms with Gasteiger partial charge in [0.25, 0.3) is 5.91 Å². The SMILES string of the molecule is Cc1ccc(C(C#N)=CCCCOc2ccc(S(=O)(=O)C3(C(=O)NO)CCN(C4CC4)CC3)cc2)cc1C. The van der Waals surface area contributed by atoms with Crippen molar-refractivity contribution in [3.05, 3.63) is 65.2 Å². The molecule has 0 bridgehead atoms. The number of carbonyl (C=O) groups is 1. The molecular formula is C29H35N3O5S. The highest BCUT2D eigenvalue weighted by atomic mass is 32.2. The van der Waals surface area contributed by atoms with Crippen LogP contribution in [0.4, 0.5) is 0 Å². The number of unbranched alkanes of at least 4 members (excludes halogenated alkanes) is 1. The van der Waals surface area contributed by atoms with Crippen molar-refractivity contribution in [2.24, 2.45) is 0 Å². The molecule has 2 aliphatic rings. The summed E-state index contributed by atoms with van der Waals surface area (Å²) in [5.41, 5.74) is 5.46. The van der Waals surface area contributed by atoms with Crippen molar-refractivity contribution in [3.8, 4) is 11.8 Å². The summed E-state index contributed by atoms with van der Waals surface area (Å²) < 4.78 is 31.3. The number of allylic oxidation sites excluding steroid dienone is 2. The summed E-state index contributed by atoms with van der Waals surface area (Å²) >= 11 is 0. The molecular weight excluding hydrogens is 502 g/mol. The highest BCUT2D eigenvalue weighted by molar-refractivity contribution is 7.93. The normalized spacial score (nSPS) is 18.0. The third-order valence-corrected chi connectivity index (χ3v) is 10.3. The Bertz CT molecular complexity index is 1330. The highest BCUT2D eigenvalue weighted by Crippen LogP contribution is 2.39. The largest absolute Gasteiger partial charge is 0.494 e. The number of aryl methyl sites for hydroxylation is 2. The van der Waals surface area contributed by atoms with E-state index in [-0.39, 0.29) is 17.7 Å². The number of sulfone groups is 1. The van der Waals surface area contributed by atoms with Gasteiger partial charge < -0.3 is 9.64 Å².